The first-order chi connectivity index (χ1) is 10.3. The van der Waals surface area contributed by atoms with Crippen LogP contribution in [0.25, 0.3) is 6.08 Å². The number of hydrogen-bond donors (Lipinski definition) is 1. The molecule has 0 heterocycles. The molecule has 0 aromatic heterocycles. The van der Waals surface area contributed by atoms with Crippen molar-refractivity contribution in [2.75, 3.05) is 20.3 Å². The van der Waals surface area contributed by atoms with Gasteiger partial charge < -0.3 is 14.6 Å². The van der Waals surface area contributed by atoms with Crippen molar-refractivity contribution in [1.82, 2.24) is 0 Å². The molecule has 3 heteroatoms. The minimum atomic E-state index is 0.139. The maximum atomic E-state index is 9.68. The van der Waals surface area contributed by atoms with Gasteiger partial charge in [-0.15, -0.1) is 0 Å². The third kappa shape index (κ3) is 4.24. The highest BCUT2D eigenvalue weighted by Crippen LogP contribution is 2.33. The molecule has 0 spiro atoms. The molecular weight excluding hydrogens is 264 g/mol. The number of ether oxygens (including phenoxy) is 2. The second-order valence-electron chi connectivity index (χ2n) is 5.56. The van der Waals surface area contributed by atoms with Crippen LogP contribution < -0.4 is 9.47 Å². The van der Waals surface area contributed by atoms with E-state index in [-0.39, 0.29) is 6.61 Å². The summed E-state index contributed by atoms with van der Waals surface area (Å²) >= 11 is 0. The van der Waals surface area contributed by atoms with E-state index in [9.17, 15) is 5.11 Å². The second-order valence-corrected chi connectivity index (χ2v) is 5.56. The van der Waals surface area contributed by atoms with E-state index in [1.807, 2.05) is 25.1 Å². The van der Waals surface area contributed by atoms with Crippen molar-refractivity contribution in [3.63, 3.8) is 0 Å². The summed E-state index contributed by atoms with van der Waals surface area (Å²) in [6, 6.07) is 5.93. The molecule has 116 valence electrons. The number of rotatable bonds is 6. The zero-order chi connectivity index (χ0) is 15.1. The Morgan fingerprint density at radius 1 is 1.24 bits per heavy atom. The lowest BCUT2D eigenvalue weighted by molar-refractivity contribution is 0.295. The Labute approximate surface area is 127 Å². The molecule has 1 aliphatic rings. The maximum Gasteiger partial charge on any atom is 0.161 e. The first kappa shape index (κ1) is 15.9. The molecule has 1 aromatic rings. The zero-order valence-electron chi connectivity index (χ0n) is 13.1. The highest BCUT2D eigenvalue weighted by atomic mass is 16.5. The number of hydrogen-bond acceptors (Lipinski definition) is 3. The van der Waals surface area contributed by atoms with E-state index in [2.05, 4.69) is 6.08 Å². The largest absolute Gasteiger partial charge is 0.493 e. The summed E-state index contributed by atoms with van der Waals surface area (Å²) in [5.41, 5.74) is 2.20. The fourth-order valence-corrected chi connectivity index (χ4v) is 3.03. The predicted octanol–water partition coefficient (Wildman–Crippen LogP) is 4.05. The van der Waals surface area contributed by atoms with Gasteiger partial charge in [-0.1, -0.05) is 31.4 Å². The van der Waals surface area contributed by atoms with Gasteiger partial charge in [0.15, 0.2) is 11.5 Å². The van der Waals surface area contributed by atoms with Gasteiger partial charge in [0, 0.05) is 0 Å². The maximum absolute atomic E-state index is 9.68. The zero-order valence-corrected chi connectivity index (χ0v) is 13.1. The topological polar surface area (TPSA) is 38.7 Å². The van der Waals surface area contributed by atoms with E-state index >= 15 is 0 Å². The Bertz CT molecular complexity index is 473. The van der Waals surface area contributed by atoms with Crippen LogP contribution in [0.4, 0.5) is 0 Å². The van der Waals surface area contributed by atoms with Crippen LogP contribution in [0, 0.1) is 5.92 Å². The summed E-state index contributed by atoms with van der Waals surface area (Å²) < 4.78 is 10.9. The molecule has 0 bridgehead atoms. The molecule has 0 atom stereocenters. The molecule has 1 saturated carbocycles. The Kier molecular flexibility index (Phi) is 6.12. The molecule has 0 radical (unpaired) electrons. The van der Waals surface area contributed by atoms with Crippen molar-refractivity contribution in [3.05, 3.63) is 29.3 Å². The number of aliphatic hydroxyl groups is 1. The van der Waals surface area contributed by atoms with Crippen LogP contribution in [0.1, 0.15) is 44.6 Å². The van der Waals surface area contributed by atoms with Crippen molar-refractivity contribution < 1.29 is 14.6 Å². The van der Waals surface area contributed by atoms with Gasteiger partial charge in [0.1, 0.15) is 0 Å². The van der Waals surface area contributed by atoms with Crippen LogP contribution in [0.5, 0.6) is 11.5 Å². The third-order valence-electron chi connectivity index (χ3n) is 4.15. The minimum absolute atomic E-state index is 0.139. The lowest BCUT2D eigenvalue weighted by atomic mass is 9.83. The molecule has 1 aromatic carbocycles. The van der Waals surface area contributed by atoms with Gasteiger partial charge in [-0.25, -0.2) is 0 Å². The number of methoxy groups -OCH3 is 1. The van der Waals surface area contributed by atoms with Crippen molar-refractivity contribution in [2.45, 2.75) is 39.0 Å². The van der Waals surface area contributed by atoms with Gasteiger partial charge in [-0.2, -0.15) is 0 Å². The first-order valence-corrected chi connectivity index (χ1v) is 7.90. The van der Waals surface area contributed by atoms with E-state index in [4.69, 9.17) is 9.47 Å². The monoisotopic (exact) mass is 290 g/mol. The van der Waals surface area contributed by atoms with Crippen LogP contribution in [-0.2, 0) is 0 Å². The van der Waals surface area contributed by atoms with Crippen LogP contribution in [-0.4, -0.2) is 25.4 Å². The second kappa shape index (κ2) is 8.08. The summed E-state index contributed by atoms with van der Waals surface area (Å²) in [5.74, 6) is 2.04. The predicted molar refractivity (Wildman–Crippen MR) is 85.8 cm³/mol. The van der Waals surface area contributed by atoms with Crippen molar-refractivity contribution >= 4 is 6.08 Å². The Morgan fingerprint density at radius 2 is 2.00 bits per heavy atom. The van der Waals surface area contributed by atoms with Gasteiger partial charge in [0.25, 0.3) is 0 Å². The van der Waals surface area contributed by atoms with E-state index in [1.54, 1.807) is 7.11 Å². The van der Waals surface area contributed by atoms with Gasteiger partial charge in [0.2, 0.25) is 0 Å². The summed E-state index contributed by atoms with van der Waals surface area (Å²) in [6.45, 7) is 2.72. The smallest absolute Gasteiger partial charge is 0.161 e. The third-order valence-corrected chi connectivity index (χ3v) is 4.15. The molecule has 0 aliphatic heterocycles. The van der Waals surface area contributed by atoms with E-state index in [0.29, 0.717) is 12.5 Å². The summed E-state index contributed by atoms with van der Waals surface area (Å²) in [4.78, 5) is 0. The SMILES string of the molecule is CCOc1ccc(/C=C(/CO)C2CCCCC2)cc1OC. The fourth-order valence-electron chi connectivity index (χ4n) is 3.03. The van der Waals surface area contributed by atoms with Crippen LogP contribution in [0.15, 0.2) is 23.8 Å². The molecule has 0 saturated heterocycles. The van der Waals surface area contributed by atoms with Crippen molar-refractivity contribution in [3.8, 4) is 11.5 Å². The molecule has 1 aliphatic carbocycles. The molecule has 1 N–H and O–H groups in total. The standard InChI is InChI=1S/C18H26O3/c1-3-21-17-10-9-14(12-18(17)20-2)11-16(13-19)15-7-5-4-6-8-15/h9-12,15,19H,3-8,13H2,1-2H3/b16-11-. The Balaban J connectivity index is 2.20. The average Bonchev–Trinajstić information content (AvgIpc) is 2.54. The van der Waals surface area contributed by atoms with E-state index in [1.165, 1.54) is 32.1 Å². The van der Waals surface area contributed by atoms with Crippen LogP contribution >= 0.6 is 0 Å². The molecule has 3 nitrogen and oxygen atoms in total. The normalized spacial score (nSPS) is 16.8. The first-order valence-electron chi connectivity index (χ1n) is 7.90. The van der Waals surface area contributed by atoms with Crippen LogP contribution in [0.3, 0.4) is 0 Å². The molecule has 0 unspecified atom stereocenters. The quantitative estimate of drug-likeness (QED) is 0.859. The lowest BCUT2D eigenvalue weighted by Gasteiger charge is -2.23. The van der Waals surface area contributed by atoms with E-state index < -0.39 is 0 Å². The summed E-state index contributed by atoms with van der Waals surface area (Å²) in [7, 11) is 1.65. The Hall–Kier alpha value is -1.48. The number of benzene rings is 1. The van der Waals surface area contributed by atoms with E-state index in [0.717, 1.165) is 22.6 Å². The van der Waals surface area contributed by atoms with Gasteiger partial charge in [-0.3, -0.25) is 0 Å². The summed E-state index contributed by atoms with van der Waals surface area (Å²) in [5, 5.41) is 9.68. The van der Waals surface area contributed by atoms with Crippen molar-refractivity contribution in [1.29, 1.82) is 0 Å². The molecule has 2 rings (SSSR count). The van der Waals surface area contributed by atoms with Gasteiger partial charge in [-0.05, 0) is 49.0 Å². The lowest BCUT2D eigenvalue weighted by Crippen LogP contribution is -2.11. The fraction of sp³-hybridized carbons (Fsp3) is 0.556. The molecular formula is C18H26O3. The molecule has 1 fully saturated rings. The highest BCUT2D eigenvalue weighted by molar-refractivity contribution is 5.58. The summed E-state index contributed by atoms with van der Waals surface area (Å²) in [6.07, 6.45) is 8.37. The molecule has 0 amide bonds. The van der Waals surface area contributed by atoms with Crippen LogP contribution in [0.2, 0.25) is 0 Å². The van der Waals surface area contributed by atoms with Crippen molar-refractivity contribution in [2.24, 2.45) is 5.92 Å². The number of aliphatic hydroxyl groups excluding tert-OH is 1. The van der Waals surface area contributed by atoms with Gasteiger partial charge in [0.05, 0.1) is 20.3 Å². The molecule has 21 heavy (non-hydrogen) atoms. The van der Waals surface area contributed by atoms with Gasteiger partial charge >= 0.3 is 0 Å². The average molecular weight is 290 g/mol. The highest BCUT2D eigenvalue weighted by Gasteiger charge is 2.17. The minimum Gasteiger partial charge on any atom is -0.493 e. The Morgan fingerprint density at radius 3 is 2.62 bits per heavy atom.